The molecular weight excluding hydrogens is 357 g/mol. The number of carbonyl (C=O) groups excluding carboxylic acids is 2. The van der Waals surface area contributed by atoms with Crippen LogP contribution < -0.4 is 10.9 Å². The molecule has 2 N–H and O–H groups in total. The lowest BCUT2D eigenvalue weighted by atomic mass is 10.1. The second-order valence-electron chi connectivity index (χ2n) is 5.62. The van der Waals surface area contributed by atoms with Crippen LogP contribution in [0.1, 0.15) is 15.9 Å². The molecule has 7 nitrogen and oxygen atoms in total. The van der Waals surface area contributed by atoms with Gasteiger partial charge >= 0.3 is 11.6 Å². The van der Waals surface area contributed by atoms with E-state index in [4.69, 9.17) is 9.15 Å². The number of ether oxygens (including phenoxy) is 1. The molecule has 3 rings (SSSR count). The van der Waals surface area contributed by atoms with Crippen molar-refractivity contribution in [3.05, 3.63) is 75.9 Å². The molecule has 2 aromatic carbocycles. The van der Waals surface area contributed by atoms with Crippen molar-refractivity contribution in [1.29, 1.82) is 0 Å². The molecule has 0 spiro atoms. The van der Waals surface area contributed by atoms with E-state index in [1.807, 2.05) is 0 Å². The van der Waals surface area contributed by atoms with Crippen LogP contribution in [-0.2, 0) is 16.1 Å². The zero-order chi connectivity index (χ0) is 19.4. The maximum atomic E-state index is 13.1. The summed E-state index contributed by atoms with van der Waals surface area (Å²) in [7, 11) is 0. The number of hydrogen-bond donors (Lipinski definition) is 2. The normalized spacial score (nSPS) is 10.6. The van der Waals surface area contributed by atoms with Crippen molar-refractivity contribution >= 4 is 22.8 Å². The number of phenolic OH excluding ortho intramolecular Hbond substituents is 1. The number of carbonyl (C=O) groups is 2. The molecule has 0 atom stereocenters. The zero-order valence-electron chi connectivity index (χ0n) is 13.9. The van der Waals surface area contributed by atoms with Gasteiger partial charge in [0.15, 0.2) is 0 Å². The summed E-state index contributed by atoms with van der Waals surface area (Å²) in [6.45, 7) is -0.642. The number of nitrogens with one attached hydrogen (secondary N) is 1. The van der Waals surface area contributed by atoms with Gasteiger partial charge in [-0.2, -0.15) is 0 Å². The van der Waals surface area contributed by atoms with Crippen molar-refractivity contribution in [3.8, 4) is 5.75 Å². The van der Waals surface area contributed by atoms with E-state index >= 15 is 0 Å². The van der Waals surface area contributed by atoms with E-state index < -0.39 is 29.9 Å². The molecule has 0 bridgehead atoms. The lowest BCUT2D eigenvalue weighted by molar-refractivity contribution is -0.143. The molecule has 0 fully saturated rings. The second kappa shape index (κ2) is 7.69. The van der Waals surface area contributed by atoms with E-state index in [9.17, 15) is 23.9 Å². The van der Waals surface area contributed by atoms with E-state index in [0.29, 0.717) is 10.9 Å². The fraction of sp³-hybridized carbons (Fsp3) is 0.105. The van der Waals surface area contributed by atoms with Crippen LogP contribution in [0, 0.1) is 5.82 Å². The summed E-state index contributed by atoms with van der Waals surface area (Å²) in [6, 6.07) is 10.4. The highest BCUT2D eigenvalue weighted by atomic mass is 19.1. The third kappa shape index (κ3) is 4.49. The Bertz CT molecular complexity index is 1080. The molecule has 0 saturated carbocycles. The molecule has 27 heavy (non-hydrogen) atoms. The van der Waals surface area contributed by atoms with Crippen LogP contribution in [0.2, 0.25) is 0 Å². The first-order valence-electron chi connectivity index (χ1n) is 7.87. The predicted molar refractivity (Wildman–Crippen MR) is 92.7 cm³/mol. The van der Waals surface area contributed by atoms with Crippen molar-refractivity contribution in [2.45, 2.75) is 6.61 Å². The summed E-state index contributed by atoms with van der Waals surface area (Å²) in [5, 5.41) is 12.3. The third-order valence-corrected chi connectivity index (χ3v) is 3.68. The van der Waals surface area contributed by atoms with Gasteiger partial charge in [-0.3, -0.25) is 9.59 Å². The summed E-state index contributed by atoms with van der Waals surface area (Å²) in [5.41, 5.74) is -0.0214. The molecule has 1 aromatic heterocycles. The predicted octanol–water partition coefficient (Wildman–Crippen LogP) is 2.11. The van der Waals surface area contributed by atoms with Crippen molar-refractivity contribution in [2.24, 2.45) is 0 Å². The average molecular weight is 371 g/mol. The topological polar surface area (TPSA) is 106 Å². The van der Waals surface area contributed by atoms with E-state index in [2.05, 4.69) is 5.32 Å². The van der Waals surface area contributed by atoms with E-state index in [1.54, 1.807) is 0 Å². The Labute approximate surface area is 152 Å². The lowest BCUT2D eigenvalue weighted by Gasteiger charge is -2.08. The minimum absolute atomic E-state index is 0.0696. The molecular formula is C19H14FNO6. The minimum atomic E-state index is -0.736. The zero-order valence-corrected chi connectivity index (χ0v) is 13.9. The molecule has 1 heterocycles. The largest absolute Gasteiger partial charge is 0.508 e. The van der Waals surface area contributed by atoms with Crippen LogP contribution in [0.15, 0.2) is 57.7 Å². The average Bonchev–Trinajstić information content (AvgIpc) is 2.63. The van der Waals surface area contributed by atoms with Crippen LogP contribution in [-0.4, -0.2) is 23.5 Å². The van der Waals surface area contributed by atoms with Crippen LogP contribution >= 0.6 is 0 Å². The fourth-order valence-corrected chi connectivity index (χ4v) is 2.43. The minimum Gasteiger partial charge on any atom is -0.508 e. The van der Waals surface area contributed by atoms with Crippen LogP contribution in [0.25, 0.3) is 11.0 Å². The number of hydrogen-bond acceptors (Lipinski definition) is 6. The molecule has 8 heteroatoms. The first-order valence-corrected chi connectivity index (χ1v) is 7.87. The number of rotatable bonds is 5. The number of amides is 1. The highest BCUT2D eigenvalue weighted by Gasteiger charge is 2.12. The monoisotopic (exact) mass is 371 g/mol. The standard InChI is InChI=1S/C19H14FNO6/c20-13-3-1-2-11(6-13)19(25)21-9-18(24)26-10-12-7-17(23)27-16-8-14(22)4-5-15(12)16/h1-8,22H,9-10H2,(H,21,25). The van der Waals surface area contributed by atoms with Crippen molar-refractivity contribution in [3.63, 3.8) is 0 Å². The van der Waals surface area contributed by atoms with Gasteiger partial charge in [0, 0.05) is 28.6 Å². The Balaban J connectivity index is 1.62. The van der Waals surface area contributed by atoms with Gasteiger partial charge < -0.3 is 19.6 Å². The Hall–Kier alpha value is -3.68. The second-order valence-corrected chi connectivity index (χ2v) is 5.62. The van der Waals surface area contributed by atoms with Gasteiger partial charge in [-0.1, -0.05) is 6.07 Å². The van der Waals surface area contributed by atoms with Crippen molar-refractivity contribution in [2.75, 3.05) is 6.54 Å². The smallest absolute Gasteiger partial charge is 0.336 e. The van der Waals surface area contributed by atoms with E-state index in [-0.39, 0.29) is 23.5 Å². The molecule has 0 radical (unpaired) electrons. The summed E-state index contributed by atoms with van der Waals surface area (Å²) in [5.74, 6) is -1.99. The first kappa shape index (κ1) is 18.1. The van der Waals surface area contributed by atoms with Crippen molar-refractivity contribution < 1.29 is 28.2 Å². The maximum Gasteiger partial charge on any atom is 0.336 e. The molecule has 0 unspecified atom stereocenters. The quantitative estimate of drug-likeness (QED) is 0.526. The molecule has 0 aliphatic heterocycles. The Kier molecular flexibility index (Phi) is 5.16. The number of benzene rings is 2. The summed E-state index contributed by atoms with van der Waals surface area (Å²) in [6.07, 6.45) is 0. The van der Waals surface area contributed by atoms with Gasteiger partial charge in [0.1, 0.15) is 30.3 Å². The number of esters is 1. The van der Waals surface area contributed by atoms with Gasteiger partial charge in [-0.05, 0) is 30.3 Å². The molecule has 0 aliphatic rings. The van der Waals surface area contributed by atoms with Gasteiger partial charge in [0.05, 0.1) is 0 Å². The first-order chi connectivity index (χ1) is 12.9. The summed E-state index contributed by atoms with van der Waals surface area (Å²) >= 11 is 0. The number of fused-ring (bicyclic) bond motifs is 1. The van der Waals surface area contributed by atoms with Gasteiger partial charge in [-0.15, -0.1) is 0 Å². The fourth-order valence-electron chi connectivity index (χ4n) is 2.43. The third-order valence-electron chi connectivity index (χ3n) is 3.68. The van der Waals surface area contributed by atoms with Crippen LogP contribution in [0.5, 0.6) is 5.75 Å². The highest BCUT2D eigenvalue weighted by Crippen LogP contribution is 2.22. The van der Waals surface area contributed by atoms with E-state index in [1.165, 1.54) is 42.5 Å². The molecule has 138 valence electrons. The Morgan fingerprint density at radius 3 is 2.74 bits per heavy atom. The molecule has 0 saturated heterocycles. The maximum absolute atomic E-state index is 13.1. The number of aromatic hydroxyl groups is 1. The molecule has 0 aliphatic carbocycles. The summed E-state index contributed by atoms with van der Waals surface area (Å²) in [4.78, 5) is 35.3. The lowest BCUT2D eigenvalue weighted by Crippen LogP contribution is -2.30. The van der Waals surface area contributed by atoms with Gasteiger partial charge in [-0.25, -0.2) is 9.18 Å². The molecule has 3 aromatic rings. The Morgan fingerprint density at radius 1 is 1.15 bits per heavy atom. The van der Waals surface area contributed by atoms with Crippen molar-refractivity contribution in [1.82, 2.24) is 5.32 Å². The van der Waals surface area contributed by atoms with Crippen LogP contribution in [0.3, 0.4) is 0 Å². The number of halogens is 1. The number of phenols is 1. The van der Waals surface area contributed by atoms with E-state index in [0.717, 1.165) is 6.07 Å². The van der Waals surface area contributed by atoms with Gasteiger partial charge in [0.25, 0.3) is 5.91 Å². The summed E-state index contributed by atoms with van der Waals surface area (Å²) < 4.78 is 23.1. The van der Waals surface area contributed by atoms with Gasteiger partial charge in [0.2, 0.25) is 0 Å². The molecule has 1 amide bonds. The Morgan fingerprint density at radius 2 is 1.96 bits per heavy atom. The van der Waals surface area contributed by atoms with Crippen LogP contribution in [0.4, 0.5) is 4.39 Å². The SMILES string of the molecule is O=C(CNC(=O)c1cccc(F)c1)OCc1cc(=O)oc2cc(O)ccc12. The highest BCUT2D eigenvalue weighted by molar-refractivity contribution is 5.95.